The van der Waals surface area contributed by atoms with Crippen LogP contribution in [0.4, 0.5) is 0 Å². The first kappa shape index (κ1) is 14.6. The number of rotatable bonds is 3. The van der Waals surface area contributed by atoms with Gasteiger partial charge in [0.05, 0.1) is 23.7 Å². The third-order valence-corrected chi connectivity index (χ3v) is 4.41. The average Bonchev–Trinajstić information content (AvgIpc) is 2.88. The Labute approximate surface area is 139 Å². The molecule has 0 aliphatic rings. The fraction of sp³-hybridized carbons (Fsp3) is 0.154. The van der Waals surface area contributed by atoms with Crippen molar-refractivity contribution in [2.24, 2.45) is 0 Å². The summed E-state index contributed by atoms with van der Waals surface area (Å²) in [5.41, 5.74) is 2.05. The van der Waals surface area contributed by atoms with E-state index in [0.717, 1.165) is 10.2 Å². The Bertz CT molecular complexity index is 821. The lowest BCUT2D eigenvalue weighted by molar-refractivity contribution is 0.401. The number of hydrogen-bond acceptors (Lipinski definition) is 4. The van der Waals surface area contributed by atoms with Gasteiger partial charge in [0.1, 0.15) is 12.2 Å². The van der Waals surface area contributed by atoms with Crippen LogP contribution in [0.3, 0.4) is 0 Å². The van der Waals surface area contributed by atoms with Crippen molar-refractivity contribution in [2.45, 2.75) is 5.88 Å². The molecule has 0 radical (unpaired) electrons. The predicted octanol–water partition coefficient (Wildman–Crippen LogP) is 3.98. The molecule has 0 amide bonds. The maximum absolute atomic E-state index is 6.04. The number of aromatic nitrogens is 4. The standard InChI is InChI=1S/C13H9BrCl2N4O/c1-21-13-11-12(17-6-18-13)20(10(5-15)19-11)7-2-3-9(16)8(14)4-7/h2-4,6H,5H2,1H3. The molecule has 0 N–H and O–H groups in total. The van der Waals surface area contributed by atoms with Gasteiger partial charge in [-0.2, -0.15) is 4.98 Å². The molecule has 0 atom stereocenters. The van der Waals surface area contributed by atoms with Crippen molar-refractivity contribution in [1.82, 2.24) is 19.5 Å². The number of benzene rings is 1. The maximum atomic E-state index is 6.04. The van der Waals surface area contributed by atoms with Gasteiger partial charge in [-0.25, -0.2) is 9.97 Å². The Morgan fingerprint density at radius 3 is 2.81 bits per heavy atom. The molecule has 0 saturated carbocycles. The molecular formula is C13H9BrCl2N4O. The Hall–Kier alpha value is -1.37. The van der Waals surface area contributed by atoms with E-state index in [4.69, 9.17) is 27.9 Å². The fourth-order valence-corrected chi connectivity index (χ4v) is 2.71. The van der Waals surface area contributed by atoms with Crippen molar-refractivity contribution in [3.63, 3.8) is 0 Å². The fourth-order valence-electron chi connectivity index (χ4n) is 2.05. The molecule has 0 unspecified atom stereocenters. The second-order valence-corrected chi connectivity index (χ2v) is 5.68. The summed E-state index contributed by atoms with van der Waals surface area (Å²) in [7, 11) is 1.54. The van der Waals surface area contributed by atoms with Gasteiger partial charge in [0.15, 0.2) is 11.2 Å². The highest BCUT2D eigenvalue weighted by molar-refractivity contribution is 9.10. The molecule has 8 heteroatoms. The van der Waals surface area contributed by atoms with Crippen molar-refractivity contribution in [2.75, 3.05) is 7.11 Å². The van der Waals surface area contributed by atoms with E-state index in [-0.39, 0.29) is 5.88 Å². The molecule has 21 heavy (non-hydrogen) atoms. The number of nitrogens with zero attached hydrogens (tertiary/aromatic N) is 4. The molecule has 5 nitrogen and oxygen atoms in total. The van der Waals surface area contributed by atoms with E-state index in [1.54, 1.807) is 13.2 Å². The topological polar surface area (TPSA) is 52.8 Å². The van der Waals surface area contributed by atoms with Crippen molar-refractivity contribution < 1.29 is 4.74 Å². The van der Waals surface area contributed by atoms with E-state index in [2.05, 4.69) is 30.9 Å². The molecule has 0 bridgehead atoms. The van der Waals surface area contributed by atoms with E-state index >= 15 is 0 Å². The molecule has 0 aliphatic heterocycles. The van der Waals surface area contributed by atoms with Crippen molar-refractivity contribution in [3.8, 4) is 11.6 Å². The van der Waals surface area contributed by atoms with E-state index in [9.17, 15) is 0 Å². The highest BCUT2D eigenvalue weighted by atomic mass is 79.9. The molecule has 108 valence electrons. The highest BCUT2D eigenvalue weighted by Crippen LogP contribution is 2.29. The minimum Gasteiger partial charge on any atom is -0.479 e. The molecule has 3 rings (SSSR count). The van der Waals surface area contributed by atoms with Crippen LogP contribution in [0.1, 0.15) is 5.82 Å². The van der Waals surface area contributed by atoms with Gasteiger partial charge in [-0.05, 0) is 34.1 Å². The highest BCUT2D eigenvalue weighted by Gasteiger charge is 2.17. The number of imidazole rings is 1. The summed E-state index contributed by atoms with van der Waals surface area (Å²) in [6.45, 7) is 0. The van der Waals surface area contributed by atoms with Gasteiger partial charge in [-0.3, -0.25) is 4.57 Å². The SMILES string of the molecule is COc1ncnc2c1nc(CCl)n2-c1ccc(Cl)c(Br)c1. The van der Waals surface area contributed by atoms with E-state index in [1.807, 2.05) is 16.7 Å². The summed E-state index contributed by atoms with van der Waals surface area (Å²) in [6, 6.07) is 5.55. The lowest BCUT2D eigenvalue weighted by Gasteiger charge is -2.08. The third-order valence-electron chi connectivity index (χ3n) is 2.95. The van der Waals surface area contributed by atoms with Crippen LogP contribution in [0.2, 0.25) is 5.02 Å². The Balaban J connectivity index is 2.32. The largest absolute Gasteiger partial charge is 0.479 e. The van der Waals surface area contributed by atoms with Gasteiger partial charge in [0.2, 0.25) is 5.88 Å². The molecule has 3 aromatic rings. The van der Waals surface area contributed by atoms with Crippen LogP contribution in [0.5, 0.6) is 5.88 Å². The zero-order valence-corrected chi connectivity index (χ0v) is 13.9. The minimum absolute atomic E-state index is 0.236. The quantitative estimate of drug-likeness (QED) is 0.638. The minimum atomic E-state index is 0.236. The van der Waals surface area contributed by atoms with Gasteiger partial charge in [-0.15, -0.1) is 11.6 Å². The van der Waals surface area contributed by atoms with Gasteiger partial charge in [0.25, 0.3) is 0 Å². The molecule has 1 aromatic carbocycles. The lowest BCUT2D eigenvalue weighted by Crippen LogP contribution is -2.00. The smallest absolute Gasteiger partial charge is 0.245 e. The second kappa shape index (κ2) is 5.79. The molecule has 2 heterocycles. The molecule has 2 aromatic heterocycles. The third kappa shape index (κ3) is 2.47. The van der Waals surface area contributed by atoms with Crippen LogP contribution >= 0.6 is 39.1 Å². The summed E-state index contributed by atoms with van der Waals surface area (Å²) >= 11 is 15.5. The number of ether oxygens (including phenoxy) is 1. The molecule has 0 aliphatic carbocycles. The van der Waals surface area contributed by atoms with Crippen LogP contribution in [0.15, 0.2) is 29.0 Å². The Morgan fingerprint density at radius 1 is 1.33 bits per heavy atom. The maximum Gasteiger partial charge on any atom is 0.245 e. The van der Waals surface area contributed by atoms with Crippen LogP contribution in [0.25, 0.3) is 16.9 Å². The van der Waals surface area contributed by atoms with Crippen LogP contribution < -0.4 is 4.74 Å². The molecule has 0 saturated heterocycles. The second-order valence-electron chi connectivity index (χ2n) is 4.15. The number of alkyl halides is 1. The molecule has 0 fully saturated rings. The summed E-state index contributed by atoms with van der Waals surface area (Å²) < 4.78 is 7.86. The summed E-state index contributed by atoms with van der Waals surface area (Å²) in [4.78, 5) is 12.8. The lowest BCUT2D eigenvalue weighted by atomic mass is 10.3. The van der Waals surface area contributed by atoms with Gasteiger partial charge in [0, 0.05) is 4.47 Å². The number of hydrogen-bond donors (Lipinski definition) is 0. The van der Waals surface area contributed by atoms with E-state index < -0.39 is 0 Å². The van der Waals surface area contributed by atoms with E-state index in [1.165, 1.54) is 6.33 Å². The van der Waals surface area contributed by atoms with Crippen molar-refractivity contribution in [3.05, 3.63) is 39.8 Å². The first-order valence-corrected chi connectivity index (χ1v) is 7.64. The summed E-state index contributed by atoms with van der Waals surface area (Å²) in [5, 5.41) is 0.628. The number of halogens is 3. The number of methoxy groups -OCH3 is 1. The van der Waals surface area contributed by atoms with Crippen LogP contribution in [-0.2, 0) is 5.88 Å². The van der Waals surface area contributed by atoms with Gasteiger partial charge < -0.3 is 4.74 Å². The zero-order chi connectivity index (χ0) is 15.0. The average molecular weight is 388 g/mol. The van der Waals surface area contributed by atoms with E-state index in [0.29, 0.717) is 27.9 Å². The van der Waals surface area contributed by atoms with Gasteiger partial charge >= 0.3 is 0 Å². The van der Waals surface area contributed by atoms with Crippen LogP contribution in [-0.4, -0.2) is 26.6 Å². The predicted molar refractivity (Wildman–Crippen MR) is 85.5 cm³/mol. The molecule has 0 spiro atoms. The van der Waals surface area contributed by atoms with Crippen molar-refractivity contribution >= 4 is 50.3 Å². The van der Waals surface area contributed by atoms with Crippen LogP contribution in [0, 0.1) is 0 Å². The van der Waals surface area contributed by atoms with Gasteiger partial charge in [-0.1, -0.05) is 11.6 Å². The monoisotopic (exact) mass is 386 g/mol. The zero-order valence-electron chi connectivity index (χ0n) is 10.8. The summed E-state index contributed by atoms with van der Waals surface area (Å²) in [6.07, 6.45) is 1.43. The van der Waals surface area contributed by atoms with Crippen molar-refractivity contribution in [1.29, 1.82) is 0 Å². The Kier molecular flexibility index (Phi) is 4.01. The molecular weight excluding hydrogens is 379 g/mol. The summed E-state index contributed by atoms with van der Waals surface area (Å²) in [5.74, 6) is 1.30. The number of fused-ring (bicyclic) bond motifs is 1. The first-order chi connectivity index (χ1) is 10.2. The Morgan fingerprint density at radius 2 is 2.14 bits per heavy atom. The normalized spacial score (nSPS) is 11.0. The first-order valence-electron chi connectivity index (χ1n) is 5.93.